The number of Topliss-reactive ketones (excluding diaryl/α,β-unsaturated/α-hetero) is 1. The first kappa shape index (κ1) is 19.9. The van der Waals surface area contributed by atoms with Gasteiger partial charge in [0.25, 0.3) is 5.91 Å². The first-order valence-electron chi connectivity index (χ1n) is 10.5. The number of carbonyl (C=O) groups excluding carboxylic acids is 2. The molecule has 1 amide bonds. The van der Waals surface area contributed by atoms with E-state index >= 15 is 0 Å². The highest BCUT2D eigenvalue weighted by molar-refractivity contribution is 6.03. The smallest absolute Gasteiger partial charge is 0.262 e. The molecule has 1 aliphatic heterocycles. The zero-order valence-corrected chi connectivity index (χ0v) is 17.6. The number of fused-ring (bicyclic) bond motifs is 2. The van der Waals surface area contributed by atoms with Gasteiger partial charge in [0.15, 0.2) is 12.4 Å². The highest BCUT2D eigenvalue weighted by Gasteiger charge is 2.22. The van der Waals surface area contributed by atoms with Crippen LogP contribution in [-0.2, 0) is 11.4 Å². The van der Waals surface area contributed by atoms with Crippen molar-refractivity contribution in [1.82, 2.24) is 4.57 Å². The number of hydrogen-bond acceptors (Lipinski definition) is 4. The summed E-state index contributed by atoms with van der Waals surface area (Å²) in [5.74, 6) is 1.06. The highest BCUT2D eigenvalue weighted by atomic mass is 16.5. The Morgan fingerprint density at radius 2 is 1.94 bits per heavy atom. The van der Waals surface area contributed by atoms with Crippen molar-refractivity contribution in [1.29, 1.82) is 0 Å². The average Bonchev–Trinajstić information content (AvgIpc) is 3.26. The minimum atomic E-state index is -0.435. The van der Waals surface area contributed by atoms with E-state index in [9.17, 15) is 9.59 Å². The van der Waals surface area contributed by atoms with E-state index in [1.807, 2.05) is 72.3 Å². The highest BCUT2D eigenvalue weighted by Crippen LogP contribution is 2.32. The van der Waals surface area contributed by atoms with Crippen molar-refractivity contribution in [3.8, 4) is 11.5 Å². The summed E-state index contributed by atoms with van der Waals surface area (Å²) in [6.07, 6.45) is 1.91. The number of hydrogen-bond donors (Lipinski definition) is 1. The van der Waals surface area contributed by atoms with Crippen LogP contribution < -0.4 is 14.8 Å². The average molecular weight is 426 g/mol. The third-order valence-corrected chi connectivity index (χ3v) is 5.65. The van der Waals surface area contributed by atoms with Gasteiger partial charge in [-0.25, -0.2) is 0 Å². The van der Waals surface area contributed by atoms with Crippen molar-refractivity contribution in [3.05, 3.63) is 90.1 Å². The zero-order chi connectivity index (χ0) is 22.1. The summed E-state index contributed by atoms with van der Waals surface area (Å²) in [6.45, 7) is 2.33. The van der Waals surface area contributed by atoms with Crippen molar-refractivity contribution >= 4 is 28.3 Å². The van der Waals surface area contributed by atoms with Gasteiger partial charge in [-0.1, -0.05) is 36.4 Å². The minimum absolute atomic E-state index is 0.0132. The molecule has 32 heavy (non-hydrogen) atoms. The van der Waals surface area contributed by atoms with Crippen LogP contribution in [0.5, 0.6) is 11.5 Å². The molecule has 3 aromatic carbocycles. The Labute approximate surface area is 185 Å². The van der Waals surface area contributed by atoms with Gasteiger partial charge in [-0.3, -0.25) is 9.59 Å². The van der Waals surface area contributed by atoms with Gasteiger partial charge < -0.3 is 19.4 Å². The molecular formula is C26H22N2O4. The Morgan fingerprint density at radius 3 is 2.78 bits per heavy atom. The van der Waals surface area contributed by atoms with Crippen LogP contribution in [0.2, 0.25) is 0 Å². The summed E-state index contributed by atoms with van der Waals surface area (Å²) in [7, 11) is 0. The quantitative estimate of drug-likeness (QED) is 0.441. The molecule has 0 radical (unpaired) electrons. The molecule has 6 nitrogen and oxygen atoms in total. The second-order valence-electron chi connectivity index (χ2n) is 7.77. The molecule has 1 aromatic heterocycles. The molecule has 1 unspecified atom stereocenters. The number of benzene rings is 3. The largest absolute Gasteiger partial charge is 0.488 e. The summed E-state index contributed by atoms with van der Waals surface area (Å²) in [4.78, 5) is 24.9. The number of anilines is 1. The van der Waals surface area contributed by atoms with Crippen LogP contribution in [0.4, 0.5) is 5.69 Å². The number of nitrogens with zero attached hydrogens (tertiary/aromatic N) is 1. The topological polar surface area (TPSA) is 69.6 Å². The SMILES string of the molecule is CC(C(=O)c1ccc2c(c1)NC(=O)CO2)n1ccc2c(OCc3ccccc3)cccc21. The molecule has 0 fully saturated rings. The van der Waals surface area contributed by atoms with Gasteiger partial charge in [-0.05, 0) is 48.9 Å². The van der Waals surface area contributed by atoms with Gasteiger partial charge in [0, 0.05) is 17.1 Å². The fourth-order valence-electron chi connectivity index (χ4n) is 3.96. The summed E-state index contributed by atoms with van der Waals surface area (Å²) in [5.41, 5.74) is 3.05. The van der Waals surface area contributed by atoms with Crippen molar-refractivity contribution in [2.24, 2.45) is 0 Å². The fraction of sp³-hybridized carbons (Fsp3) is 0.154. The molecule has 160 valence electrons. The molecular weight excluding hydrogens is 404 g/mol. The summed E-state index contributed by atoms with van der Waals surface area (Å²) >= 11 is 0. The molecule has 0 saturated carbocycles. The molecule has 0 aliphatic carbocycles. The summed E-state index contributed by atoms with van der Waals surface area (Å²) in [5, 5.41) is 3.71. The van der Waals surface area contributed by atoms with Crippen LogP contribution in [-0.4, -0.2) is 22.9 Å². The van der Waals surface area contributed by atoms with Gasteiger partial charge >= 0.3 is 0 Å². The lowest BCUT2D eigenvalue weighted by Crippen LogP contribution is -2.25. The lowest BCUT2D eigenvalue weighted by molar-refractivity contribution is -0.118. The predicted octanol–water partition coefficient (Wildman–Crippen LogP) is 5.00. The number of amides is 1. The number of ether oxygens (including phenoxy) is 2. The van der Waals surface area contributed by atoms with E-state index in [1.54, 1.807) is 18.2 Å². The van der Waals surface area contributed by atoms with Crippen LogP contribution in [0.15, 0.2) is 79.0 Å². The Kier molecular flexibility index (Phi) is 5.11. The van der Waals surface area contributed by atoms with Gasteiger partial charge in [0.1, 0.15) is 18.1 Å². The van der Waals surface area contributed by atoms with E-state index in [0.29, 0.717) is 23.6 Å². The first-order chi connectivity index (χ1) is 15.6. The third kappa shape index (κ3) is 3.71. The second-order valence-corrected chi connectivity index (χ2v) is 7.77. The molecule has 2 heterocycles. The normalized spacial score (nSPS) is 13.7. The summed E-state index contributed by atoms with van der Waals surface area (Å²) in [6, 6.07) is 22.5. The number of carbonyl (C=O) groups is 2. The minimum Gasteiger partial charge on any atom is -0.488 e. The standard InChI is InChI=1S/C26H22N2O4/c1-17(26(30)19-10-11-24-21(14-19)27-25(29)16-32-24)28-13-12-20-22(28)8-5-9-23(20)31-15-18-6-3-2-4-7-18/h2-14,17H,15-16H2,1H3,(H,27,29). The van der Waals surface area contributed by atoms with Gasteiger partial charge in [-0.15, -0.1) is 0 Å². The number of ketones is 1. The van der Waals surface area contributed by atoms with Crippen LogP contribution >= 0.6 is 0 Å². The maximum atomic E-state index is 13.2. The van der Waals surface area contributed by atoms with E-state index in [2.05, 4.69) is 5.32 Å². The monoisotopic (exact) mass is 426 g/mol. The number of aromatic nitrogens is 1. The third-order valence-electron chi connectivity index (χ3n) is 5.65. The molecule has 1 atom stereocenters. The van der Waals surface area contributed by atoms with Crippen molar-refractivity contribution < 1.29 is 19.1 Å². The molecule has 4 aromatic rings. The van der Waals surface area contributed by atoms with Crippen LogP contribution in [0, 0.1) is 0 Å². The number of rotatable bonds is 6. The van der Waals surface area contributed by atoms with Crippen molar-refractivity contribution in [3.63, 3.8) is 0 Å². The van der Waals surface area contributed by atoms with E-state index in [-0.39, 0.29) is 18.3 Å². The van der Waals surface area contributed by atoms with Crippen molar-refractivity contribution in [2.45, 2.75) is 19.6 Å². The van der Waals surface area contributed by atoms with E-state index in [1.165, 1.54) is 0 Å². The van der Waals surface area contributed by atoms with Gasteiger partial charge in [0.05, 0.1) is 17.2 Å². The molecule has 0 spiro atoms. The maximum absolute atomic E-state index is 13.2. The molecule has 1 N–H and O–H groups in total. The molecule has 6 heteroatoms. The Hall–Kier alpha value is -4.06. The van der Waals surface area contributed by atoms with E-state index in [4.69, 9.17) is 9.47 Å². The zero-order valence-electron chi connectivity index (χ0n) is 17.6. The molecule has 0 bridgehead atoms. The Bertz CT molecular complexity index is 1310. The lowest BCUT2D eigenvalue weighted by atomic mass is 10.0. The lowest BCUT2D eigenvalue weighted by Gasteiger charge is -2.20. The fourth-order valence-corrected chi connectivity index (χ4v) is 3.96. The number of nitrogens with one attached hydrogen (secondary N) is 1. The molecule has 5 rings (SSSR count). The van der Waals surface area contributed by atoms with E-state index < -0.39 is 6.04 Å². The maximum Gasteiger partial charge on any atom is 0.262 e. The first-order valence-corrected chi connectivity index (χ1v) is 10.5. The molecule has 1 aliphatic rings. The van der Waals surface area contributed by atoms with Crippen molar-refractivity contribution in [2.75, 3.05) is 11.9 Å². The molecule has 0 saturated heterocycles. The van der Waals surface area contributed by atoms with Crippen LogP contribution in [0.3, 0.4) is 0 Å². The second kappa shape index (κ2) is 8.23. The Morgan fingerprint density at radius 1 is 1.09 bits per heavy atom. The van der Waals surface area contributed by atoms with Gasteiger partial charge in [-0.2, -0.15) is 0 Å². The summed E-state index contributed by atoms with van der Waals surface area (Å²) < 4.78 is 13.4. The predicted molar refractivity (Wildman–Crippen MR) is 122 cm³/mol. The van der Waals surface area contributed by atoms with E-state index in [0.717, 1.165) is 22.2 Å². The Balaban J connectivity index is 1.40. The van der Waals surface area contributed by atoms with Gasteiger partial charge in [0.2, 0.25) is 0 Å². The van der Waals surface area contributed by atoms with Crippen LogP contribution in [0.25, 0.3) is 10.9 Å². The van der Waals surface area contributed by atoms with Crippen LogP contribution in [0.1, 0.15) is 28.9 Å².